The zero-order valence-electron chi connectivity index (χ0n) is 13.4. The third kappa shape index (κ3) is 4.71. The van der Waals surface area contributed by atoms with Gasteiger partial charge in [0.25, 0.3) is 0 Å². The van der Waals surface area contributed by atoms with E-state index in [1.54, 1.807) is 30.3 Å². The summed E-state index contributed by atoms with van der Waals surface area (Å²) in [7, 11) is 0. The van der Waals surface area contributed by atoms with Gasteiger partial charge in [-0.2, -0.15) is 0 Å². The van der Waals surface area contributed by atoms with Crippen molar-refractivity contribution in [1.29, 1.82) is 0 Å². The van der Waals surface area contributed by atoms with Gasteiger partial charge in [0.05, 0.1) is 12.2 Å². The molecule has 0 unspecified atom stereocenters. The van der Waals surface area contributed by atoms with Crippen LogP contribution < -0.4 is 5.73 Å². The molecule has 0 aliphatic heterocycles. The van der Waals surface area contributed by atoms with E-state index in [9.17, 15) is 24.9 Å². The van der Waals surface area contributed by atoms with Crippen molar-refractivity contribution < 1.29 is 29.6 Å². The van der Waals surface area contributed by atoms with Gasteiger partial charge in [0.1, 0.15) is 5.54 Å². The highest BCUT2D eigenvalue weighted by Crippen LogP contribution is 2.27. The van der Waals surface area contributed by atoms with Gasteiger partial charge >= 0.3 is 11.9 Å². The number of benzene rings is 2. The van der Waals surface area contributed by atoms with Gasteiger partial charge in [-0.05, 0) is 29.8 Å². The molecule has 0 heterocycles. The molecule has 7 nitrogen and oxygen atoms in total. The second-order valence-electron chi connectivity index (χ2n) is 5.71. The number of carboxylic acid groups (broad SMARTS) is 1. The number of phenols is 2. The maximum atomic E-state index is 11.9. The molecule has 0 saturated carbocycles. The Morgan fingerprint density at radius 2 is 1.72 bits per heavy atom. The van der Waals surface area contributed by atoms with E-state index in [1.807, 2.05) is 0 Å². The first-order valence-corrected chi connectivity index (χ1v) is 7.57. The lowest BCUT2D eigenvalue weighted by Gasteiger charge is -2.24. The number of aromatic hydroxyl groups is 2. The van der Waals surface area contributed by atoms with Crippen molar-refractivity contribution in [3.8, 4) is 11.5 Å². The van der Waals surface area contributed by atoms with Crippen LogP contribution in [0.3, 0.4) is 0 Å². The lowest BCUT2D eigenvalue weighted by molar-refractivity contribution is -0.144. The van der Waals surface area contributed by atoms with Crippen molar-refractivity contribution in [3.63, 3.8) is 0 Å². The number of aliphatic carboxylic acids is 1. The average molecular weight is 345 g/mol. The molecule has 2 aromatic carbocycles. The largest absolute Gasteiger partial charge is 0.504 e. The Bertz CT molecular complexity index is 761. The molecule has 1 atom stereocenters. The summed E-state index contributed by atoms with van der Waals surface area (Å²) in [4.78, 5) is 23.4. The predicted molar refractivity (Wildman–Crippen MR) is 89.4 cm³/mol. The maximum Gasteiger partial charge on any atom is 0.338 e. The maximum absolute atomic E-state index is 11.9. The molecule has 0 amide bonds. The van der Waals surface area contributed by atoms with Crippen LogP contribution in [0.1, 0.15) is 22.3 Å². The lowest BCUT2D eigenvalue weighted by atomic mass is 9.89. The van der Waals surface area contributed by atoms with E-state index < -0.39 is 17.5 Å². The Kier molecular flexibility index (Phi) is 5.61. The van der Waals surface area contributed by atoms with Crippen LogP contribution in [-0.2, 0) is 16.0 Å². The van der Waals surface area contributed by atoms with E-state index in [4.69, 9.17) is 10.5 Å². The first-order valence-electron chi connectivity index (χ1n) is 7.57. The number of rotatable bonds is 7. The molecule has 5 N–H and O–H groups in total. The number of phenolic OH excluding ortho intramolecular Hbond substituents is 2. The van der Waals surface area contributed by atoms with Crippen LogP contribution in [0.25, 0.3) is 0 Å². The SMILES string of the molecule is N[C@](CCOC(=O)c1ccccc1)(Cc1ccc(O)c(O)c1)C(=O)O. The smallest absolute Gasteiger partial charge is 0.338 e. The molecular weight excluding hydrogens is 326 g/mol. The molecule has 2 aromatic rings. The fraction of sp³-hybridized carbons (Fsp3) is 0.222. The molecule has 132 valence electrons. The summed E-state index contributed by atoms with van der Waals surface area (Å²) in [5, 5.41) is 28.2. The van der Waals surface area contributed by atoms with Crippen LogP contribution >= 0.6 is 0 Å². The van der Waals surface area contributed by atoms with E-state index in [1.165, 1.54) is 18.2 Å². The third-order valence-corrected chi connectivity index (χ3v) is 3.78. The first kappa shape index (κ1) is 18.3. The molecule has 25 heavy (non-hydrogen) atoms. The minimum absolute atomic E-state index is 0.0982. The minimum Gasteiger partial charge on any atom is -0.504 e. The van der Waals surface area contributed by atoms with Crippen LogP contribution in [0.2, 0.25) is 0 Å². The molecule has 0 aliphatic rings. The van der Waals surface area contributed by atoms with Gasteiger partial charge in [0, 0.05) is 12.8 Å². The quantitative estimate of drug-likeness (QED) is 0.443. The van der Waals surface area contributed by atoms with E-state index >= 15 is 0 Å². The Morgan fingerprint density at radius 3 is 2.32 bits per heavy atom. The van der Waals surface area contributed by atoms with Crippen molar-refractivity contribution in [2.24, 2.45) is 5.73 Å². The summed E-state index contributed by atoms with van der Waals surface area (Å²) < 4.78 is 5.08. The van der Waals surface area contributed by atoms with Crippen LogP contribution in [0.5, 0.6) is 11.5 Å². The molecule has 0 aliphatic carbocycles. The summed E-state index contributed by atoms with van der Waals surface area (Å²) in [6.07, 6.45) is -0.207. The number of ether oxygens (including phenoxy) is 1. The lowest BCUT2D eigenvalue weighted by Crippen LogP contribution is -2.50. The van der Waals surface area contributed by atoms with Gasteiger partial charge in [-0.3, -0.25) is 4.79 Å². The van der Waals surface area contributed by atoms with Crippen molar-refractivity contribution in [3.05, 3.63) is 59.7 Å². The zero-order chi connectivity index (χ0) is 18.4. The van der Waals surface area contributed by atoms with Gasteiger partial charge in [0.2, 0.25) is 0 Å². The summed E-state index contributed by atoms with van der Waals surface area (Å²) in [5.41, 5.74) is 5.07. The Labute approximate surface area is 144 Å². The second kappa shape index (κ2) is 7.67. The fourth-order valence-corrected chi connectivity index (χ4v) is 2.30. The summed E-state index contributed by atoms with van der Waals surface area (Å²) in [6.45, 7) is -0.166. The Morgan fingerprint density at radius 1 is 1.04 bits per heavy atom. The van der Waals surface area contributed by atoms with Crippen LogP contribution in [0, 0.1) is 0 Å². The summed E-state index contributed by atoms with van der Waals surface area (Å²) in [6, 6.07) is 12.3. The topological polar surface area (TPSA) is 130 Å². The van der Waals surface area contributed by atoms with Crippen molar-refractivity contribution in [2.45, 2.75) is 18.4 Å². The van der Waals surface area contributed by atoms with Crippen LogP contribution in [-0.4, -0.2) is 39.4 Å². The number of nitrogens with two attached hydrogens (primary N) is 1. The summed E-state index contributed by atoms with van der Waals surface area (Å²) >= 11 is 0. The number of carbonyl (C=O) groups is 2. The van der Waals surface area contributed by atoms with Crippen molar-refractivity contribution >= 4 is 11.9 Å². The Balaban J connectivity index is 2.00. The van der Waals surface area contributed by atoms with E-state index in [2.05, 4.69) is 0 Å². The molecule has 0 aromatic heterocycles. The minimum atomic E-state index is -1.68. The number of hydrogen-bond acceptors (Lipinski definition) is 6. The number of esters is 1. The fourth-order valence-electron chi connectivity index (χ4n) is 2.30. The zero-order valence-corrected chi connectivity index (χ0v) is 13.4. The normalized spacial score (nSPS) is 13.0. The van der Waals surface area contributed by atoms with Crippen molar-refractivity contribution in [1.82, 2.24) is 0 Å². The molecule has 2 rings (SSSR count). The highest BCUT2D eigenvalue weighted by Gasteiger charge is 2.34. The molecule has 0 spiro atoms. The van der Waals surface area contributed by atoms with E-state index in [0.717, 1.165) is 0 Å². The van der Waals surface area contributed by atoms with Crippen LogP contribution in [0.4, 0.5) is 0 Å². The van der Waals surface area contributed by atoms with Crippen LogP contribution in [0.15, 0.2) is 48.5 Å². The van der Waals surface area contributed by atoms with E-state index in [-0.39, 0.29) is 30.9 Å². The molecule has 0 saturated heterocycles. The molecule has 0 fully saturated rings. The molecule has 0 radical (unpaired) electrons. The predicted octanol–water partition coefficient (Wildman–Crippen LogP) is 1.67. The number of carbonyl (C=O) groups excluding carboxylic acids is 1. The van der Waals surface area contributed by atoms with Gasteiger partial charge in [-0.1, -0.05) is 24.3 Å². The number of hydrogen-bond donors (Lipinski definition) is 4. The van der Waals surface area contributed by atoms with Gasteiger partial charge in [-0.15, -0.1) is 0 Å². The van der Waals surface area contributed by atoms with E-state index in [0.29, 0.717) is 11.1 Å². The highest BCUT2D eigenvalue weighted by atomic mass is 16.5. The van der Waals surface area contributed by atoms with Gasteiger partial charge in [0.15, 0.2) is 11.5 Å². The molecule has 0 bridgehead atoms. The summed E-state index contributed by atoms with van der Waals surface area (Å²) in [5.74, 6) is -2.48. The highest BCUT2D eigenvalue weighted by molar-refractivity contribution is 5.89. The standard InChI is InChI=1S/C18H19NO6/c19-18(17(23)24,11-12-6-7-14(20)15(21)10-12)8-9-25-16(22)13-4-2-1-3-5-13/h1-7,10,20-21H,8-9,11,19H2,(H,23,24)/t18-/m1/s1. The first-order chi connectivity index (χ1) is 11.8. The molecular formula is C18H19NO6. The van der Waals surface area contributed by atoms with Crippen molar-refractivity contribution in [2.75, 3.05) is 6.61 Å². The second-order valence-corrected chi connectivity index (χ2v) is 5.71. The van der Waals surface area contributed by atoms with Gasteiger partial charge < -0.3 is 25.8 Å². The number of carboxylic acids is 1. The molecule has 7 heteroatoms. The Hall–Kier alpha value is -3.06. The average Bonchev–Trinajstić information content (AvgIpc) is 2.58. The van der Waals surface area contributed by atoms with Gasteiger partial charge in [-0.25, -0.2) is 4.79 Å². The third-order valence-electron chi connectivity index (χ3n) is 3.78. The monoisotopic (exact) mass is 345 g/mol.